The van der Waals surface area contributed by atoms with Crippen LogP contribution in [0.5, 0.6) is 0 Å². The van der Waals surface area contributed by atoms with Crippen LogP contribution in [-0.2, 0) is 16.6 Å². The molecule has 7 heteroatoms. The highest BCUT2D eigenvalue weighted by Crippen LogP contribution is 2.35. The fourth-order valence-electron chi connectivity index (χ4n) is 2.81. The van der Waals surface area contributed by atoms with Crippen molar-refractivity contribution < 1.29 is 18.3 Å². The lowest BCUT2D eigenvalue weighted by Gasteiger charge is -2.34. The maximum absolute atomic E-state index is 12.7. The van der Waals surface area contributed by atoms with Gasteiger partial charge in [-0.1, -0.05) is 6.07 Å². The smallest absolute Gasteiger partial charge is 0.336 e. The number of hydrogen-bond donors (Lipinski definition) is 1. The first-order chi connectivity index (χ1) is 9.93. The Morgan fingerprint density at radius 3 is 2.71 bits per heavy atom. The molecular formula is C14H18N2O4S. The zero-order chi connectivity index (χ0) is 15.2. The van der Waals surface area contributed by atoms with E-state index in [4.69, 9.17) is 0 Å². The minimum absolute atomic E-state index is 0.0861. The second-order valence-electron chi connectivity index (χ2n) is 5.54. The van der Waals surface area contributed by atoms with Crippen molar-refractivity contribution in [2.24, 2.45) is 0 Å². The largest absolute Gasteiger partial charge is 0.478 e. The minimum Gasteiger partial charge on any atom is -0.478 e. The molecule has 0 radical (unpaired) electrons. The molecule has 0 spiro atoms. The third-order valence-electron chi connectivity index (χ3n) is 4.14. The van der Waals surface area contributed by atoms with Crippen molar-refractivity contribution in [2.45, 2.75) is 31.7 Å². The van der Waals surface area contributed by atoms with E-state index < -0.39 is 16.2 Å². The molecule has 6 nitrogen and oxygen atoms in total. The molecule has 0 unspecified atom stereocenters. The fraction of sp³-hybridized carbons (Fsp3) is 0.500. The zero-order valence-corrected chi connectivity index (χ0v) is 12.6. The first-order valence-corrected chi connectivity index (χ1v) is 8.43. The summed E-state index contributed by atoms with van der Waals surface area (Å²) in [6, 6.07) is 4.91. The number of anilines is 1. The molecule has 114 valence electrons. The van der Waals surface area contributed by atoms with Crippen molar-refractivity contribution in [1.29, 1.82) is 0 Å². The predicted octanol–water partition coefficient (Wildman–Crippen LogP) is 1.48. The van der Waals surface area contributed by atoms with Crippen LogP contribution < -0.4 is 4.31 Å². The van der Waals surface area contributed by atoms with Gasteiger partial charge in [0.25, 0.3) is 0 Å². The number of rotatable bonds is 4. The molecule has 1 N–H and O–H groups in total. The predicted molar refractivity (Wildman–Crippen MR) is 78.8 cm³/mol. The van der Waals surface area contributed by atoms with Crippen LogP contribution in [0.1, 0.15) is 35.2 Å². The molecule has 0 amide bonds. The molecule has 0 atom stereocenters. The van der Waals surface area contributed by atoms with Gasteiger partial charge >= 0.3 is 16.2 Å². The monoisotopic (exact) mass is 310 g/mol. The van der Waals surface area contributed by atoms with Gasteiger partial charge in [-0.05, 0) is 43.4 Å². The molecule has 21 heavy (non-hydrogen) atoms. The molecule has 3 rings (SSSR count). The lowest BCUT2D eigenvalue weighted by Crippen LogP contribution is -2.45. The lowest BCUT2D eigenvalue weighted by atomic mass is 9.98. The highest BCUT2D eigenvalue weighted by Gasteiger charge is 2.39. The maximum atomic E-state index is 12.7. The van der Waals surface area contributed by atoms with Crippen molar-refractivity contribution in [3.63, 3.8) is 0 Å². The van der Waals surface area contributed by atoms with E-state index in [0.717, 1.165) is 12.8 Å². The van der Waals surface area contributed by atoms with E-state index in [1.807, 2.05) is 0 Å². The van der Waals surface area contributed by atoms with Gasteiger partial charge in [0.15, 0.2) is 0 Å². The SMILES string of the molecule is CN(C1CC1)S(=O)(=O)N1CCCc2c(C(=O)O)cccc21. The lowest BCUT2D eigenvalue weighted by molar-refractivity contribution is 0.0695. The average Bonchev–Trinajstić information content (AvgIpc) is 3.29. The Bertz CT molecular complexity index is 682. The molecule has 1 aliphatic heterocycles. The summed E-state index contributed by atoms with van der Waals surface area (Å²) in [6.45, 7) is 0.398. The topological polar surface area (TPSA) is 77.9 Å². The van der Waals surface area contributed by atoms with Gasteiger partial charge < -0.3 is 5.11 Å². The van der Waals surface area contributed by atoms with Gasteiger partial charge in [0.1, 0.15) is 0 Å². The van der Waals surface area contributed by atoms with Crippen molar-refractivity contribution >= 4 is 21.9 Å². The Kier molecular flexibility index (Phi) is 3.41. The highest BCUT2D eigenvalue weighted by atomic mass is 32.2. The van der Waals surface area contributed by atoms with E-state index in [9.17, 15) is 18.3 Å². The van der Waals surface area contributed by atoms with Gasteiger partial charge in [-0.2, -0.15) is 12.7 Å². The number of carboxylic acid groups (broad SMARTS) is 1. The summed E-state index contributed by atoms with van der Waals surface area (Å²) in [4.78, 5) is 11.3. The van der Waals surface area contributed by atoms with Gasteiger partial charge in [0.2, 0.25) is 0 Å². The Labute approximate surface area is 124 Å². The zero-order valence-electron chi connectivity index (χ0n) is 11.8. The fourth-order valence-corrected chi connectivity index (χ4v) is 4.49. The summed E-state index contributed by atoms with van der Waals surface area (Å²) in [5, 5.41) is 9.26. The summed E-state index contributed by atoms with van der Waals surface area (Å²) in [5.41, 5.74) is 1.32. The number of aromatic carboxylic acids is 1. The standard InChI is InChI=1S/C14H18N2O4S/c1-15(10-7-8-10)21(19,20)16-9-3-5-11-12(14(17)18)4-2-6-13(11)16/h2,4,6,10H,3,5,7-9H2,1H3,(H,17,18). The highest BCUT2D eigenvalue weighted by molar-refractivity contribution is 7.90. The molecule has 1 fully saturated rings. The van der Waals surface area contributed by atoms with E-state index in [1.54, 1.807) is 19.2 Å². The van der Waals surface area contributed by atoms with Gasteiger partial charge in [-0.3, -0.25) is 4.31 Å². The summed E-state index contributed by atoms with van der Waals surface area (Å²) in [6.07, 6.45) is 3.02. The number of benzene rings is 1. The summed E-state index contributed by atoms with van der Waals surface area (Å²) < 4.78 is 28.2. The van der Waals surface area contributed by atoms with Gasteiger partial charge in [-0.25, -0.2) is 4.79 Å². The molecule has 0 bridgehead atoms. The Balaban J connectivity index is 2.05. The van der Waals surface area contributed by atoms with Crippen molar-refractivity contribution in [3.05, 3.63) is 29.3 Å². The van der Waals surface area contributed by atoms with Crippen LogP contribution >= 0.6 is 0 Å². The second kappa shape index (κ2) is 4.99. The van der Waals surface area contributed by atoms with Crippen LogP contribution in [0, 0.1) is 0 Å². The normalized spacial score (nSPS) is 18.7. The molecular weight excluding hydrogens is 292 g/mol. The summed E-state index contributed by atoms with van der Waals surface area (Å²) in [7, 11) is -1.98. The molecule has 0 saturated heterocycles. The van der Waals surface area contributed by atoms with Gasteiger partial charge in [-0.15, -0.1) is 0 Å². The summed E-state index contributed by atoms with van der Waals surface area (Å²) in [5.74, 6) is -1.01. The van der Waals surface area contributed by atoms with Crippen molar-refractivity contribution in [2.75, 3.05) is 17.9 Å². The first-order valence-electron chi connectivity index (χ1n) is 7.04. The molecule has 2 aliphatic rings. The maximum Gasteiger partial charge on any atom is 0.336 e. The number of carboxylic acids is 1. The average molecular weight is 310 g/mol. The van der Waals surface area contributed by atoms with Gasteiger partial charge in [0, 0.05) is 19.6 Å². The second-order valence-corrected chi connectivity index (χ2v) is 7.45. The van der Waals surface area contributed by atoms with Crippen LogP contribution in [0.4, 0.5) is 5.69 Å². The number of carbonyl (C=O) groups is 1. The van der Waals surface area contributed by atoms with E-state index in [-0.39, 0.29) is 11.6 Å². The van der Waals surface area contributed by atoms with Crippen LogP contribution in [-0.4, -0.2) is 43.4 Å². The van der Waals surface area contributed by atoms with E-state index in [2.05, 4.69) is 0 Å². The molecule has 1 saturated carbocycles. The van der Waals surface area contributed by atoms with Crippen molar-refractivity contribution in [1.82, 2.24) is 4.31 Å². The van der Waals surface area contributed by atoms with Crippen molar-refractivity contribution in [3.8, 4) is 0 Å². The van der Waals surface area contributed by atoms with E-state index in [0.29, 0.717) is 30.6 Å². The molecule has 1 aliphatic carbocycles. The minimum atomic E-state index is -3.58. The Hall–Kier alpha value is -1.60. The molecule has 0 aromatic heterocycles. The third-order valence-corrected chi connectivity index (χ3v) is 6.10. The quantitative estimate of drug-likeness (QED) is 0.913. The van der Waals surface area contributed by atoms with Crippen LogP contribution in [0.25, 0.3) is 0 Å². The van der Waals surface area contributed by atoms with E-state index >= 15 is 0 Å². The van der Waals surface area contributed by atoms with Crippen LogP contribution in [0.15, 0.2) is 18.2 Å². The molecule has 1 aromatic rings. The summed E-state index contributed by atoms with van der Waals surface area (Å²) >= 11 is 0. The molecule has 1 aromatic carbocycles. The molecule has 1 heterocycles. The van der Waals surface area contributed by atoms with Gasteiger partial charge in [0.05, 0.1) is 11.3 Å². The number of fused-ring (bicyclic) bond motifs is 1. The Morgan fingerprint density at radius 1 is 1.38 bits per heavy atom. The van der Waals surface area contributed by atoms with Crippen LogP contribution in [0.3, 0.4) is 0 Å². The first kappa shape index (κ1) is 14.3. The third kappa shape index (κ3) is 2.40. The van der Waals surface area contributed by atoms with E-state index in [1.165, 1.54) is 14.7 Å². The van der Waals surface area contributed by atoms with Crippen LogP contribution in [0.2, 0.25) is 0 Å². The number of hydrogen-bond acceptors (Lipinski definition) is 3. The Morgan fingerprint density at radius 2 is 2.10 bits per heavy atom. The number of nitrogens with zero attached hydrogens (tertiary/aromatic N) is 2.